The van der Waals surface area contributed by atoms with Gasteiger partial charge in [0.25, 0.3) is 0 Å². The number of carboxylic acid groups (broad SMARTS) is 1. The maximum absolute atomic E-state index is 10.8. The number of aromatic nitrogens is 1. The van der Waals surface area contributed by atoms with Gasteiger partial charge >= 0.3 is 5.97 Å². The normalized spacial score (nSPS) is 12.8. The van der Waals surface area contributed by atoms with Crippen LogP contribution in [-0.4, -0.2) is 16.2 Å². The summed E-state index contributed by atoms with van der Waals surface area (Å²) in [6, 6.07) is 0. The monoisotopic (exact) mass is 183 g/mol. The minimum atomic E-state index is -0.964. The molecule has 4 heteroatoms. The van der Waals surface area contributed by atoms with Crippen molar-refractivity contribution in [1.29, 1.82) is 0 Å². The fourth-order valence-corrected chi connectivity index (χ4v) is 1.17. The number of hydrogen-bond acceptors (Lipinski definition) is 3. The van der Waals surface area contributed by atoms with Crippen molar-refractivity contribution in [2.24, 2.45) is 0 Å². The fraction of sp³-hybridized carbons (Fsp3) is 0.556. The number of aryl methyl sites for hydroxylation is 1. The molecule has 1 rings (SSSR count). The molecule has 0 saturated heterocycles. The predicted octanol–water partition coefficient (Wildman–Crippen LogP) is 2.19. The molecule has 1 N–H and O–H groups in total. The second kappa shape index (κ2) is 3.60. The van der Waals surface area contributed by atoms with E-state index in [-0.39, 0.29) is 11.5 Å². The van der Waals surface area contributed by atoms with Crippen LogP contribution < -0.4 is 0 Å². The van der Waals surface area contributed by atoms with Gasteiger partial charge in [0.15, 0.2) is 5.76 Å². The molecule has 13 heavy (non-hydrogen) atoms. The van der Waals surface area contributed by atoms with E-state index < -0.39 is 5.97 Å². The summed E-state index contributed by atoms with van der Waals surface area (Å²) in [6.45, 7) is 5.54. The lowest BCUT2D eigenvalue weighted by Crippen LogP contribution is -2.03. The Morgan fingerprint density at radius 1 is 1.69 bits per heavy atom. The minimum absolute atomic E-state index is 0.104. The molecule has 4 nitrogen and oxygen atoms in total. The van der Waals surface area contributed by atoms with Crippen LogP contribution in [0.2, 0.25) is 0 Å². The van der Waals surface area contributed by atoms with E-state index in [0.29, 0.717) is 11.5 Å². The molecule has 1 atom stereocenters. The maximum atomic E-state index is 10.8. The second-order valence-corrected chi connectivity index (χ2v) is 3.12. The summed E-state index contributed by atoms with van der Waals surface area (Å²) in [5.74, 6) is -0.381. The van der Waals surface area contributed by atoms with Crippen LogP contribution in [0.4, 0.5) is 0 Å². The first-order valence-corrected chi connectivity index (χ1v) is 4.27. The van der Waals surface area contributed by atoms with Gasteiger partial charge in [-0.2, -0.15) is 0 Å². The van der Waals surface area contributed by atoms with Crippen molar-refractivity contribution in [2.45, 2.75) is 33.1 Å². The van der Waals surface area contributed by atoms with Crippen molar-refractivity contribution >= 4 is 5.97 Å². The Labute approximate surface area is 76.5 Å². The molecule has 1 unspecified atom stereocenters. The van der Waals surface area contributed by atoms with Gasteiger partial charge in [-0.25, -0.2) is 4.79 Å². The lowest BCUT2D eigenvalue weighted by molar-refractivity contribution is 0.0693. The first-order valence-electron chi connectivity index (χ1n) is 4.27. The Morgan fingerprint density at radius 3 is 2.77 bits per heavy atom. The van der Waals surface area contributed by atoms with E-state index in [4.69, 9.17) is 9.63 Å². The number of carboxylic acids is 1. The molecule has 0 saturated carbocycles. The highest BCUT2D eigenvalue weighted by molar-refractivity contribution is 5.90. The molecule has 0 aliphatic carbocycles. The Bertz CT molecular complexity index is 317. The molecular formula is C9H13NO3. The Kier molecular flexibility index (Phi) is 2.70. The van der Waals surface area contributed by atoms with E-state index in [1.165, 1.54) is 0 Å². The van der Waals surface area contributed by atoms with Gasteiger partial charge in [-0.05, 0) is 13.3 Å². The van der Waals surface area contributed by atoms with E-state index in [2.05, 4.69) is 5.16 Å². The highest BCUT2D eigenvalue weighted by Crippen LogP contribution is 2.24. The zero-order valence-electron chi connectivity index (χ0n) is 8.00. The van der Waals surface area contributed by atoms with Crippen LogP contribution in [0.3, 0.4) is 0 Å². The molecule has 0 bridgehead atoms. The van der Waals surface area contributed by atoms with Crippen LogP contribution in [0, 0.1) is 6.92 Å². The molecule has 1 aromatic rings. The maximum Gasteiger partial charge on any atom is 0.341 e. The summed E-state index contributed by atoms with van der Waals surface area (Å²) in [4.78, 5) is 10.8. The number of carbonyl (C=O) groups is 1. The van der Waals surface area contributed by atoms with Crippen molar-refractivity contribution in [1.82, 2.24) is 5.16 Å². The van der Waals surface area contributed by atoms with Crippen molar-refractivity contribution in [3.8, 4) is 0 Å². The summed E-state index contributed by atoms with van der Waals surface area (Å²) in [6.07, 6.45) is 0.842. The topological polar surface area (TPSA) is 63.3 Å². The highest BCUT2D eigenvalue weighted by Gasteiger charge is 2.22. The number of aromatic carboxylic acids is 1. The Morgan fingerprint density at radius 2 is 2.31 bits per heavy atom. The number of nitrogens with zero attached hydrogens (tertiary/aromatic N) is 1. The molecule has 1 heterocycles. The van der Waals surface area contributed by atoms with Crippen molar-refractivity contribution in [3.63, 3.8) is 0 Å². The molecule has 0 radical (unpaired) electrons. The van der Waals surface area contributed by atoms with E-state index in [1.807, 2.05) is 13.8 Å². The van der Waals surface area contributed by atoms with Crippen LogP contribution in [-0.2, 0) is 0 Å². The summed E-state index contributed by atoms with van der Waals surface area (Å²) >= 11 is 0. The predicted molar refractivity (Wildman–Crippen MR) is 46.9 cm³/mol. The highest BCUT2D eigenvalue weighted by atomic mass is 16.5. The summed E-state index contributed by atoms with van der Waals surface area (Å²) in [7, 11) is 0. The third-order valence-corrected chi connectivity index (χ3v) is 2.16. The summed E-state index contributed by atoms with van der Waals surface area (Å²) in [5.41, 5.74) is 0.664. The average Bonchev–Trinajstić information content (AvgIpc) is 2.45. The number of hydrogen-bond donors (Lipinski definition) is 1. The second-order valence-electron chi connectivity index (χ2n) is 3.12. The smallest absolute Gasteiger partial charge is 0.341 e. The third kappa shape index (κ3) is 1.71. The molecule has 0 aliphatic heterocycles. The molecule has 0 amide bonds. The molecule has 1 aromatic heterocycles. The lowest BCUT2D eigenvalue weighted by Gasteiger charge is -2.03. The Hall–Kier alpha value is -1.32. The summed E-state index contributed by atoms with van der Waals surface area (Å²) in [5, 5.41) is 12.5. The molecule has 0 spiro atoms. The molecule has 72 valence electrons. The lowest BCUT2D eigenvalue weighted by atomic mass is 10.0. The van der Waals surface area contributed by atoms with Crippen LogP contribution in [0.15, 0.2) is 4.52 Å². The zero-order chi connectivity index (χ0) is 10.0. The van der Waals surface area contributed by atoms with Gasteiger partial charge < -0.3 is 9.63 Å². The van der Waals surface area contributed by atoms with E-state index in [1.54, 1.807) is 6.92 Å². The van der Waals surface area contributed by atoms with Gasteiger partial charge in [-0.15, -0.1) is 0 Å². The van der Waals surface area contributed by atoms with E-state index in [9.17, 15) is 4.79 Å². The zero-order valence-corrected chi connectivity index (χ0v) is 8.00. The molecule has 0 aliphatic rings. The van der Waals surface area contributed by atoms with Gasteiger partial charge in [0.1, 0.15) is 5.56 Å². The van der Waals surface area contributed by atoms with E-state index in [0.717, 1.165) is 6.42 Å². The average molecular weight is 183 g/mol. The van der Waals surface area contributed by atoms with Crippen molar-refractivity contribution < 1.29 is 14.4 Å². The van der Waals surface area contributed by atoms with Crippen LogP contribution in [0.1, 0.15) is 48.0 Å². The molecule has 0 fully saturated rings. The van der Waals surface area contributed by atoms with Gasteiger partial charge in [0.2, 0.25) is 0 Å². The van der Waals surface area contributed by atoms with Crippen LogP contribution in [0.5, 0.6) is 0 Å². The minimum Gasteiger partial charge on any atom is -0.477 e. The van der Waals surface area contributed by atoms with E-state index >= 15 is 0 Å². The van der Waals surface area contributed by atoms with Crippen LogP contribution >= 0.6 is 0 Å². The largest absolute Gasteiger partial charge is 0.477 e. The Balaban J connectivity index is 3.14. The SMILES string of the molecule is CCC(C)c1onc(C)c1C(=O)O. The first-order chi connectivity index (χ1) is 6.07. The molecule has 0 aromatic carbocycles. The van der Waals surface area contributed by atoms with Gasteiger partial charge in [0.05, 0.1) is 5.69 Å². The molecular weight excluding hydrogens is 170 g/mol. The third-order valence-electron chi connectivity index (χ3n) is 2.16. The standard InChI is InChI=1S/C9H13NO3/c1-4-5(2)8-7(9(11)12)6(3)10-13-8/h5H,4H2,1-3H3,(H,11,12). The van der Waals surface area contributed by atoms with Gasteiger partial charge in [-0.1, -0.05) is 19.0 Å². The first kappa shape index (κ1) is 9.77. The van der Waals surface area contributed by atoms with Crippen LogP contribution in [0.25, 0.3) is 0 Å². The summed E-state index contributed by atoms with van der Waals surface area (Å²) < 4.78 is 4.98. The quantitative estimate of drug-likeness (QED) is 0.780. The van der Waals surface area contributed by atoms with Crippen molar-refractivity contribution in [2.75, 3.05) is 0 Å². The van der Waals surface area contributed by atoms with Gasteiger partial charge in [-0.3, -0.25) is 0 Å². The number of rotatable bonds is 3. The van der Waals surface area contributed by atoms with Crippen molar-refractivity contribution in [3.05, 3.63) is 17.0 Å². The fourth-order valence-electron chi connectivity index (χ4n) is 1.17. The van der Waals surface area contributed by atoms with Gasteiger partial charge in [0, 0.05) is 5.92 Å².